The molecule has 2 aromatic rings. The number of imidazole rings is 1. The largest absolute Gasteiger partial charge is 0.417 e. The van der Waals surface area contributed by atoms with Gasteiger partial charge >= 0.3 is 6.18 Å². The average molecular weight is 409 g/mol. The molecule has 0 saturated heterocycles. The molecule has 0 aliphatic carbocycles. The average Bonchev–Trinajstić information content (AvgIpc) is 2.79. The summed E-state index contributed by atoms with van der Waals surface area (Å²) >= 11 is 1.77. The first kappa shape index (κ1) is 15.8. The Hall–Kier alpha value is -1.58. The van der Waals surface area contributed by atoms with Gasteiger partial charge in [0, 0.05) is 32.6 Å². The van der Waals surface area contributed by atoms with Crippen LogP contribution in [-0.2, 0) is 6.18 Å². The predicted molar refractivity (Wildman–Crippen MR) is 80.1 cm³/mol. The van der Waals surface area contributed by atoms with Crippen molar-refractivity contribution in [3.8, 4) is 0 Å². The molecule has 2 heterocycles. The molecule has 0 saturated carbocycles. The molecule has 21 heavy (non-hydrogen) atoms. The number of alkyl halides is 3. The van der Waals surface area contributed by atoms with Crippen LogP contribution in [0.25, 0.3) is 5.65 Å². The topological polar surface area (TPSA) is 37.6 Å². The second-order valence-electron chi connectivity index (χ2n) is 4.56. The maximum absolute atomic E-state index is 12.8. The molecule has 0 radical (unpaired) electrons. The Morgan fingerprint density at radius 1 is 1.43 bits per heavy atom. The molecule has 2 aromatic heterocycles. The number of carbonyl (C=O) groups excluding carboxylic acids is 1. The zero-order valence-electron chi connectivity index (χ0n) is 11.1. The van der Waals surface area contributed by atoms with Gasteiger partial charge in [-0.25, -0.2) is 4.98 Å². The first-order chi connectivity index (χ1) is 9.70. The van der Waals surface area contributed by atoms with Gasteiger partial charge in [0.1, 0.15) is 5.69 Å². The summed E-state index contributed by atoms with van der Waals surface area (Å²) in [5.41, 5.74) is -0.402. The van der Waals surface area contributed by atoms with Crippen molar-refractivity contribution in [3.63, 3.8) is 0 Å². The van der Waals surface area contributed by atoms with E-state index in [0.29, 0.717) is 9.22 Å². The van der Waals surface area contributed by atoms with E-state index in [9.17, 15) is 18.0 Å². The van der Waals surface area contributed by atoms with Crippen molar-refractivity contribution in [1.29, 1.82) is 0 Å². The fraction of sp³-hybridized carbons (Fsp3) is 0.231. The third-order valence-corrected chi connectivity index (χ3v) is 3.46. The van der Waals surface area contributed by atoms with E-state index in [1.807, 2.05) is 0 Å². The van der Waals surface area contributed by atoms with Gasteiger partial charge in [-0.2, -0.15) is 13.2 Å². The molecular formula is C13H11F3IN3O. The summed E-state index contributed by atoms with van der Waals surface area (Å²) in [6.45, 7) is 0. The second-order valence-corrected chi connectivity index (χ2v) is 5.72. The zero-order chi connectivity index (χ0) is 15.8. The lowest BCUT2D eigenvalue weighted by Gasteiger charge is -2.09. The quantitative estimate of drug-likeness (QED) is 0.444. The van der Waals surface area contributed by atoms with E-state index < -0.39 is 17.5 Å². The van der Waals surface area contributed by atoms with Crippen molar-refractivity contribution < 1.29 is 18.0 Å². The van der Waals surface area contributed by atoms with Crippen molar-refractivity contribution in [3.05, 3.63) is 45.6 Å². The van der Waals surface area contributed by atoms with Crippen LogP contribution in [0.1, 0.15) is 16.1 Å². The highest BCUT2D eigenvalue weighted by atomic mass is 127. The molecule has 0 atom stereocenters. The molecule has 0 aromatic carbocycles. The van der Waals surface area contributed by atoms with Crippen LogP contribution in [-0.4, -0.2) is 34.2 Å². The maximum Gasteiger partial charge on any atom is 0.417 e. The zero-order valence-corrected chi connectivity index (χ0v) is 13.3. The van der Waals surface area contributed by atoms with Crippen LogP contribution in [0.4, 0.5) is 13.2 Å². The molecule has 2 rings (SSSR count). The van der Waals surface area contributed by atoms with E-state index in [4.69, 9.17) is 0 Å². The van der Waals surface area contributed by atoms with Gasteiger partial charge in [0.25, 0.3) is 0 Å². The Bertz CT molecular complexity index is 719. The van der Waals surface area contributed by atoms with Crippen LogP contribution in [0, 0.1) is 3.57 Å². The monoisotopic (exact) mass is 409 g/mol. The number of hydrogen-bond acceptors (Lipinski definition) is 3. The number of fused-ring (bicyclic) bond motifs is 1. The Kier molecular flexibility index (Phi) is 4.26. The van der Waals surface area contributed by atoms with E-state index in [1.165, 1.54) is 22.9 Å². The van der Waals surface area contributed by atoms with Crippen LogP contribution >= 0.6 is 22.6 Å². The van der Waals surface area contributed by atoms with Gasteiger partial charge in [-0.05, 0) is 28.7 Å². The first-order valence-electron chi connectivity index (χ1n) is 5.83. The third kappa shape index (κ3) is 3.36. The fourth-order valence-electron chi connectivity index (χ4n) is 1.69. The number of nitrogens with zero attached hydrogens (tertiary/aromatic N) is 3. The van der Waals surface area contributed by atoms with Crippen LogP contribution in [0.2, 0.25) is 0 Å². The SMILES string of the molecule is CN(C)/C=C/C(=O)c1cnc2c(I)cc(C(F)(F)F)cn12. The Balaban J connectivity index is 2.56. The number of pyridine rings is 1. The van der Waals surface area contributed by atoms with Gasteiger partial charge in [0.2, 0.25) is 5.78 Å². The van der Waals surface area contributed by atoms with Gasteiger partial charge in [-0.3, -0.25) is 9.20 Å². The van der Waals surface area contributed by atoms with Gasteiger partial charge in [0.15, 0.2) is 5.65 Å². The second kappa shape index (κ2) is 5.66. The Morgan fingerprint density at radius 2 is 2.10 bits per heavy atom. The molecule has 0 amide bonds. The number of carbonyl (C=O) groups is 1. The molecule has 0 spiro atoms. The molecule has 4 nitrogen and oxygen atoms in total. The molecule has 0 unspecified atom stereocenters. The van der Waals surface area contributed by atoms with Crippen LogP contribution < -0.4 is 0 Å². The number of allylic oxidation sites excluding steroid dienone is 1. The molecule has 0 N–H and O–H groups in total. The molecule has 112 valence electrons. The first-order valence-corrected chi connectivity index (χ1v) is 6.91. The summed E-state index contributed by atoms with van der Waals surface area (Å²) in [5, 5.41) is 0. The summed E-state index contributed by atoms with van der Waals surface area (Å²) < 4.78 is 40.0. The molecule has 0 fully saturated rings. The smallest absolute Gasteiger partial charge is 0.383 e. The summed E-state index contributed by atoms with van der Waals surface area (Å²) in [4.78, 5) is 17.7. The highest BCUT2D eigenvalue weighted by Gasteiger charge is 2.32. The summed E-state index contributed by atoms with van der Waals surface area (Å²) in [5.74, 6) is -0.411. The van der Waals surface area contributed by atoms with Crippen molar-refractivity contribution >= 4 is 34.0 Å². The van der Waals surface area contributed by atoms with Gasteiger partial charge in [-0.1, -0.05) is 0 Å². The molecule has 8 heteroatoms. The van der Waals surface area contributed by atoms with E-state index in [2.05, 4.69) is 4.98 Å². The summed E-state index contributed by atoms with van der Waals surface area (Å²) in [6, 6.07) is 1.01. The number of aromatic nitrogens is 2. The molecule has 0 aliphatic heterocycles. The lowest BCUT2D eigenvalue weighted by molar-refractivity contribution is -0.137. The van der Waals surface area contributed by atoms with Crippen molar-refractivity contribution in [2.45, 2.75) is 6.18 Å². The van der Waals surface area contributed by atoms with Crippen molar-refractivity contribution in [1.82, 2.24) is 14.3 Å². The van der Waals surface area contributed by atoms with Gasteiger partial charge in [-0.15, -0.1) is 0 Å². The van der Waals surface area contributed by atoms with E-state index in [0.717, 1.165) is 12.3 Å². The highest BCUT2D eigenvalue weighted by Crippen LogP contribution is 2.31. The van der Waals surface area contributed by atoms with E-state index in [-0.39, 0.29) is 5.69 Å². The summed E-state index contributed by atoms with van der Waals surface area (Å²) in [6.07, 6.45) is 0.510. The lowest BCUT2D eigenvalue weighted by Crippen LogP contribution is -2.10. The van der Waals surface area contributed by atoms with Crippen LogP contribution in [0.5, 0.6) is 0 Å². The normalized spacial score (nSPS) is 12.3. The van der Waals surface area contributed by atoms with E-state index >= 15 is 0 Å². The van der Waals surface area contributed by atoms with Crippen LogP contribution in [0.3, 0.4) is 0 Å². The van der Waals surface area contributed by atoms with Crippen molar-refractivity contribution in [2.75, 3.05) is 14.1 Å². The Labute approximate surface area is 132 Å². The molecule has 0 aliphatic rings. The molecular weight excluding hydrogens is 398 g/mol. The van der Waals surface area contributed by atoms with Gasteiger partial charge in [0.05, 0.1) is 15.3 Å². The summed E-state index contributed by atoms with van der Waals surface area (Å²) in [7, 11) is 3.48. The minimum Gasteiger partial charge on any atom is -0.383 e. The van der Waals surface area contributed by atoms with Gasteiger partial charge < -0.3 is 4.90 Å². The number of ketones is 1. The number of hydrogen-bond donors (Lipinski definition) is 0. The van der Waals surface area contributed by atoms with Crippen LogP contribution in [0.15, 0.2) is 30.7 Å². The Morgan fingerprint density at radius 3 is 2.67 bits per heavy atom. The lowest BCUT2D eigenvalue weighted by atomic mass is 10.2. The fourth-order valence-corrected chi connectivity index (χ4v) is 2.42. The predicted octanol–water partition coefficient (Wildman–Crippen LogP) is 3.22. The number of halogens is 4. The third-order valence-electron chi connectivity index (χ3n) is 2.66. The van der Waals surface area contributed by atoms with E-state index in [1.54, 1.807) is 41.6 Å². The molecule has 0 bridgehead atoms. The maximum atomic E-state index is 12.8. The minimum absolute atomic E-state index is 0.0899. The minimum atomic E-state index is -4.47. The van der Waals surface area contributed by atoms with Crippen molar-refractivity contribution in [2.24, 2.45) is 0 Å². The number of rotatable bonds is 3. The highest BCUT2D eigenvalue weighted by molar-refractivity contribution is 14.1. The standard InChI is InChI=1S/C13H11F3IN3O/c1-19(2)4-3-11(21)10-6-18-12-9(17)5-8(7-20(10)12)13(14,15)16/h3-7H,1-2H3/b4-3+.